The number of hydrogen-bond acceptors (Lipinski definition) is 7. The van der Waals surface area contributed by atoms with Gasteiger partial charge in [0.2, 0.25) is 0 Å². The van der Waals surface area contributed by atoms with Gasteiger partial charge in [0.15, 0.2) is 11.4 Å². The van der Waals surface area contributed by atoms with E-state index in [0.29, 0.717) is 23.4 Å². The van der Waals surface area contributed by atoms with Gasteiger partial charge in [-0.1, -0.05) is 18.2 Å². The third-order valence-electron chi connectivity index (χ3n) is 4.61. The van der Waals surface area contributed by atoms with Crippen molar-refractivity contribution in [2.24, 2.45) is 0 Å². The first kappa shape index (κ1) is 22.7. The number of carbonyl (C=O) groups excluding carboxylic acids is 2. The zero-order valence-corrected chi connectivity index (χ0v) is 18.2. The van der Waals surface area contributed by atoms with E-state index in [0.717, 1.165) is 5.52 Å². The van der Waals surface area contributed by atoms with E-state index in [-0.39, 0.29) is 30.3 Å². The van der Waals surface area contributed by atoms with Gasteiger partial charge in [-0.2, -0.15) is 0 Å². The summed E-state index contributed by atoms with van der Waals surface area (Å²) in [7, 11) is 0. The molecule has 1 aromatic heterocycles. The zero-order chi connectivity index (χ0) is 23.1. The number of nitrogens with one attached hydrogen (secondary N) is 3. The summed E-state index contributed by atoms with van der Waals surface area (Å²) in [6, 6.07) is 14.1. The van der Waals surface area contributed by atoms with E-state index in [9.17, 15) is 14.4 Å². The first-order chi connectivity index (χ1) is 15.5. The van der Waals surface area contributed by atoms with Gasteiger partial charge in [-0.15, -0.1) is 0 Å². The molecule has 2 aromatic carbocycles. The smallest absolute Gasteiger partial charge is 0.357 e. The highest BCUT2D eigenvalue weighted by atomic mass is 16.5. The van der Waals surface area contributed by atoms with Gasteiger partial charge in [0.1, 0.15) is 0 Å². The summed E-state index contributed by atoms with van der Waals surface area (Å²) >= 11 is 0. The molecular formula is C23H26N4O5. The standard InChI is InChI=1S/C23H26N4O5/c1-4-27-18-13-12-16(14-17(18)26-23(27)30)25-20(22(29)32-6-3)19(21(28)31-5-2)24-15-10-8-7-9-11-15/h7-14,24-25H,4-6H2,1-3H3,(H,26,30). The molecule has 0 aliphatic heterocycles. The molecule has 1 heterocycles. The third-order valence-corrected chi connectivity index (χ3v) is 4.61. The van der Waals surface area contributed by atoms with Crippen LogP contribution in [0.1, 0.15) is 20.8 Å². The maximum atomic E-state index is 12.8. The first-order valence-electron chi connectivity index (χ1n) is 10.4. The van der Waals surface area contributed by atoms with Crippen LogP contribution >= 0.6 is 0 Å². The van der Waals surface area contributed by atoms with Gasteiger partial charge in [0, 0.05) is 17.9 Å². The van der Waals surface area contributed by atoms with Crippen LogP contribution in [0.15, 0.2) is 64.7 Å². The quantitative estimate of drug-likeness (QED) is 0.347. The topological polar surface area (TPSA) is 114 Å². The summed E-state index contributed by atoms with van der Waals surface area (Å²) in [5.41, 5.74) is 2.00. The van der Waals surface area contributed by atoms with Gasteiger partial charge in [-0.3, -0.25) is 4.57 Å². The minimum atomic E-state index is -0.723. The molecule has 0 aliphatic carbocycles. The second-order valence-corrected chi connectivity index (χ2v) is 6.71. The lowest BCUT2D eigenvalue weighted by molar-refractivity contribution is -0.141. The predicted octanol–water partition coefficient (Wildman–Crippen LogP) is 3.21. The Morgan fingerprint density at radius 1 is 0.875 bits per heavy atom. The van der Waals surface area contributed by atoms with E-state index >= 15 is 0 Å². The van der Waals surface area contributed by atoms with Crippen LogP contribution in [-0.2, 0) is 25.6 Å². The average molecular weight is 438 g/mol. The maximum Gasteiger partial charge on any atom is 0.357 e. The molecule has 168 valence electrons. The number of fused-ring (bicyclic) bond motifs is 1. The minimum absolute atomic E-state index is 0.0868. The average Bonchev–Trinajstić information content (AvgIpc) is 3.11. The number of para-hydroxylation sites is 1. The fraction of sp³-hybridized carbons (Fsp3) is 0.261. The first-order valence-corrected chi connectivity index (χ1v) is 10.4. The van der Waals surface area contributed by atoms with Crippen molar-refractivity contribution in [3.8, 4) is 0 Å². The van der Waals surface area contributed by atoms with E-state index in [4.69, 9.17) is 9.47 Å². The van der Waals surface area contributed by atoms with Crippen molar-refractivity contribution in [3.63, 3.8) is 0 Å². The molecular weight excluding hydrogens is 412 g/mol. The lowest BCUT2D eigenvalue weighted by atomic mass is 10.2. The van der Waals surface area contributed by atoms with Crippen molar-refractivity contribution >= 4 is 34.3 Å². The van der Waals surface area contributed by atoms with Crippen molar-refractivity contribution < 1.29 is 19.1 Å². The van der Waals surface area contributed by atoms with Gasteiger partial charge >= 0.3 is 17.6 Å². The Bertz CT molecular complexity index is 1190. The summed E-state index contributed by atoms with van der Waals surface area (Å²) in [5, 5.41) is 5.94. The molecule has 0 amide bonds. The zero-order valence-electron chi connectivity index (χ0n) is 18.2. The van der Waals surface area contributed by atoms with E-state index < -0.39 is 11.9 Å². The number of rotatable bonds is 9. The summed E-state index contributed by atoms with van der Waals surface area (Å²) in [6.07, 6.45) is 0. The van der Waals surface area contributed by atoms with Crippen LogP contribution in [0.2, 0.25) is 0 Å². The van der Waals surface area contributed by atoms with Crippen LogP contribution in [-0.4, -0.2) is 34.7 Å². The molecule has 0 radical (unpaired) electrons. The van der Waals surface area contributed by atoms with E-state index in [1.54, 1.807) is 60.9 Å². The van der Waals surface area contributed by atoms with Gasteiger partial charge < -0.3 is 25.1 Å². The van der Waals surface area contributed by atoms with Crippen LogP contribution in [0.3, 0.4) is 0 Å². The largest absolute Gasteiger partial charge is 0.461 e. The number of aromatic amines is 1. The van der Waals surface area contributed by atoms with Crippen LogP contribution in [0.4, 0.5) is 11.4 Å². The highest BCUT2D eigenvalue weighted by Gasteiger charge is 2.24. The van der Waals surface area contributed by atoms with Crippen molar-refractivity contribution in [2.75, 3.05) is 23.8 Å². The molecule has 32 heavy (non-hydrogen) atoms. The number of nitrogens with zero attached hydrogens (tertiary/aromatic N) is 1. The fourth-order valence-corrected chi connectivity index (χ4v) is 3.20. The summed E-state index contributed by atoms with van der Waals surface area (Å²) in [5.74, 6) is -1.43. The second-order valence-electron chi connectivity index (χ2n) is 6.71. The number of ether oxygens (including phenoxy) is 2. The number of anilines is 2. The van der Waals surface area contributed by atoms with Gasteiger partial charge in [0.05, 0.1) is 24.2 Å². The molecule has 3 aromatic rings. The Hall–Kier alpha value is -4.01. The number of imidazole rings is 1. The number of H-pyrrole nitrogens is 1. The Morgan fingerprint density at radius 3 is 2.03 bits per heavy atom. The summed E-state index contributed by atoms with van der Waals surface area (Å²) < 4.78 is 12.0. The number of hydrogen-bond donors (Lipinski definition) is 3. The van der Waals surface area contributed by atoms with Crippen LogP contribution in [0.5, 0.6) is 0 Å². The molecule has 3 rings (SSSR count). The molecule has 0 bridgehead atoms. The SMILES string of the molecule is CCOC(=O)C(Nc1ccccc1)=C(Nc1ccc2c(c1)[nH]c(=O)n2CC)C(=O)OCC. The van der Waals surface area contributed by atoms with E-state index in [1.165, 1.54) is 0 Å². The molecule has 3 N–H and O–H groups in total. The van der Waals surface area contributed by atoms with E-state index in [1.807, 2.05) is 13.0 Å². The fourth-order valence-electron chi connectivity index (χ4n) is 3.20. The Kier molecular flexibility index (Phi) is 7.33. The molecule has 9 heteroatoms. The normalized spacial score (nSPS) is 11.6. The van der Waals surface area contributed by atoms with Crippen LogP contribution < -0.4 is 16.3 Å². The summed E-state index contributed by atoms with van der Waals surface area (Å²) in [4.78, 5) is 40.4. The Morgan fingerprint density at radius 2 is 1.47 bits per heavy atom. The third kappa shape index (κ3) is 5.00. The Labute approximate surface area is 185 Å². The van der Waals surface area contributed by atoms with Crippen molar-refractivity contribution in [3.05, 3.63) is 70.4 Å². The predicted molar refractivity (Wildman–Crippen MR) is 122 cm³/mol. The highest BCUT2D eigenvalue weighted by molar-refractivity contribution is 6.04. The highest BCUT2D eigenvalue weighted by Crippen LogP contribution is 2.21. The molecule has 0 fully saturated rings. The van der Waals surface area contributed by atoms with Crippen molar-refractivity contribution in [2.45, 2.75) is 27.3 Å². The van der Waals surface area contributed by atoms with E-state index in [2.05, 4.69) is 15.6 Å². The summed E-state index contributed by atoms with van der Waals surface area (Å²) in [6.45, 7) is 6.01. The molecule has 0 unspecified atom stereocenters. The number of carbonyl (C=O) groups is 2. The molecule has 0 saturated heterocycles. The van der Waals surface area contributed by atoms with Gasteiger partial charge in [-0.25, -0.2) is 14.4 Å². The minimum Gasteiger partial charge on any atom is -0.461 e. The van der Waals surface area contributed by atoms with Crippen LogP contribution in [0, 0.1) is 0 Å². The number of benzene rings is 2. The molecule has 0 spiro atoms. The van der Waals surface area contributed by atoms with Crippen molar-refractivity contribution in [1.82, 2.24) is 9.55 Å². The monoisotopic (exact) mass is 438 g/mol. The van der Waals surface area contributed by atoms with Gasteiger partial charge in [-0.05, 0) is 51.1 Å². The number of aryl methyl sites for hydroxylation is 1. The maximum absolute atomic E-state index is 12.8. The molecule has 0 atom stereocenters. The molecule has 0 aliphatic rings. The number of esters is 2. The number of aromatic nitrogens is 2. The molecule has 0 saturated carbocycles. The molecule has 9 nitrogen and oxygen atoms in total. The van der Waals surface area contributed by atoms with Crippen molar-refractivity contribution in [1.29, 1.82) is 0 Å². The van der Waals surface area contributed by atoms with Crippen LogP contribution in [0.25, 0.3) is 11.0 Å². The lowest BCUT2D eigenvalue weighted by Gasteiger charge is -2.17. The Balaban J connectivity index is 2.08. The second kappa shape index (κ2) is 10.3. The lowest BCUT2D eigenvalue weighted by Crippen LogP contribution is -2.25. The van der Waals surface area contributed by atoms with Gasteiger partial charge in [0.25, 0.3) is 0 Å².